The maximum atomic E-state index is 13.1. The largest absolute Gasteiger partial charge is 0.383 e. The molecule has 0 aliphatic heterocycles. The molecule has 0 saturated heterocycles. The van der Waals surface area contributed by atoms with Crippen LogP contribution in [0.4, 0.5) is 11.8 Å². The zero-order valence-electron chi connectivity index (χ0n) is 19.2. The van der Waals surface area contributed by atoms with Crippen molar-refractivity contribution in [3.05, 3.63) is 65.7 Å². The number of sulfonamides is 1. The number of anilines is 2. The highest BCUT2D eigenvalue weighted by atomic mass is 35.5. The molecule has 5 rings (SSSR count). The highest BCUT2D eigenvalue weighted by Crippen LogP contribution is 2.31. The quantitative estimate of drug-likeness (QED) is 0.315. The third kappa shape index (κ3) is 5.19. The van der Waals surface area contributed by atoms with E-state index in [1.807, 2.05) is 30.3 Å². The normalized spacial score (nSPS) is 18.7. The lowest BCUT2D eigenvalue weighted by Crippen LogP contribution is -2.32. The van der Waals surface area contributed by atoms with E-state index in [1.54, 1.807) is 30.3 Å². The number of benzene rings is 3. The van der Waals surface area contributed by atoms with E-state index in [9.17, 15) is 8.42 Å². The number of aromatic nitrogens is 2. The maximum Gasteiger partial charge on any atom is 0.241 e. The van der Waals surface area contributed by atoms with Crippen LogP contribution in [0.15, 0.2) is 65.6 Å². The van der Waals surface area contributed by atoms with E-state index in [1.165, 1.54) is 0 Å². The smallest absolute Gasteiger partial charge is 0.241 e. The standard InChI is InChI=1S/C26H28ClN5O2S/c27-22-8-3-7-20-19(22)6-4-10-24(20)35(33,34)30-16-18-13-11-17(12-14-18)15-29-26-31-23-9-2-1-5-21(23)25(28)32-26/h1-10,17-18,30H,11-16H2,(H3,28,29,31,32). The predicted octanol–water partition coefficient (Wildman–Crippen LogP) is 5.22. The minimum Gasteiger partial charge on any atom is -0.383 e. The van der Waals surface area contributed by atoms with Crippen LogP contribution >= 0.6 is 11.6 Å². The second-order valence-corrected chi connectivity index (χ2v) is 11.3. The Kier molecular flexibility index (Phi) is 6.77. The Bertz CT molecular complexity index is 1470. The first kappa shape index (κ1) is 23.8. The maximum absolute atomic E-state index is 13.1. The Morgan fingerprint density at radius 3 is 2.29 bits per heavy atom. The molecule has 0 radical (unpaired) electrons. The Hall–Kier alpha value is -2.94. The number of fused-ring (bicyclic) bond motifs is 2. The fraction of sp³-hybridized carbons (Fsp3) is 0.308. The molecule has 0 amide bonds. The van der Waals surface area contributed by atoms with Crippen LogP contribution in [0.3, 0.4) is 0 Å². The molecule has 1 aromatic heterocycles. The SMILES string of the molecule is Nc1nc(NCC2CCC(CNS(=O)(=O)c3cccc4c(Cl)cccc34)CC2)nc2ccccc12. The van der Waals surface area contributed by atoms with Crippen molar-refractivity contribution in [2.45, 2.75) is 30.6 Å². The second-order valence-electron chi connectivity index (χ2n) is 9.16. The van der Waals surface area contributed by atoms with Gasteiger partial charge in [0, 0.05) is 34.3 Å². The summed E-state index contributed by atoms with van der Waals surface area (Å²) in [6.07, 6.45) is 3.98. The van der Waals surface area contributed by atoms with Crippen molar-refractivity contribution in [2.24, 2.45) is 11.8 Å². The first-order chi connectivity index (χ1) is 16.9. The topological polar surface area (TPSA) is 110 Å². The lowest BCUT2D eigenvalue weighted by atomic mass is 9.82. The van der Waals surface area contributed by atoms with E-state index in [0.717, 1.165) is 48.5 Å². The highest BCUT2D eigenvalue weighted by molar-refractivity contribution is 7.89. The van der Waals surface area contributed by atoms with Gasteiger partial charge in [0.1, 0.15) is 5.82 Å². The van der Waals surface area contributed by atoms with Crippen molar-refractivity contribution in [3.8, 4) is 0 Å². The number of nitrogens with two attached hydrogens (primary N) is 1. The zero-order chi connectivity index (χ0) is 24.4. The molecule has 1 saturated carbocycles. The Morgan fingerprint density at radius 1 is 0.829 bits per heavy atom. The summed E-state index contributed by atoms with van der Waals surface area (Å²) in [5.41, 5.74) is 6.90. The summed E-state index contributed by atoms with van der Waals surface area (Å²) in [5.74, 6) is 1.82. The van der Waals surface area contributed by atoms with Gasteiger partial charge in [0.25, 0.3) is 0 Å². The average Bonchev–Trinajstić information content (AvgIpc) is 2.87. The van der Waals surface area contributed by atoms with Crippen LogP contribution in [-0.2, 0) is 10.0 Å². The highest BCUT2D eigenvalue weighted by Gasteiger charge is 2.24. The molecule has 0 unspecified atom stereocenters. The van der Waals surface area contributed by atoms with Crippen molar-refractivity contribution in [3.63, 3.8) is 0 Å². The molecule has 7 nitrogen and oxygen atoms in total. The van der Waals surface area contributed by atoms with Crippen molar-refractivity contribution in [1.82, 2.24) is 14.7 Å². The average molecular weight is 510 g/mol. The van der Waals surface area contributed by atoms with Crippen molar-refractivity contribution >= 4 is 55.1 Å². The van der Waals surface area contributed by atoms with Crippen molar-refractivity contribution < 1.29 is 8.42 Å². The van der Waals surface area contributed by atoms with Gasteiger partial charge in [0.15, 0.2) is 0 Å². The third-order valence-corrected chi connectivity index (χ3v) is 8.64. The first-order valence-electron chi connectivity index (χ1n) is 11.8. The van der Waals surface area contributed by atoms with Gasteiger partial charge in [0.05, 0.1) is 10.4 Å². The molecule has 0 spiro atoms. The molecule has 1 aliphatic carbocycles. The van der Waals surface area contributed by atoms with Gasteiger partial charge in [0.2, 0.25) is 16.0 Å². The number of nitrogens with zero attached hydrogens (tertiary/aromatic N) is 2. The molecule has 35 heavy (non-hydrogen) atoms. The van der Waals surface area contributed by atoms with E-state index in [2.05, 4.69) is 20.0 Å². The number of hydrogen-bond donors (Lipinski definition) is 3. The molecule has 0 bridgehead atoms. The third-order valence-electron chi connectivity index (χ3n) is 6.83. The fourth-order valence-corrected chi connectivity index (χ4v) is 6.41. The summed E-state index contributed by atoms with van der Waals surface area (Å²) in [6.45, 7) is 1.21. The van der Waals surface area contributed by atoms with Gasteiger partial charge in [-0.1, -0.05) is 48.0 Å². The lowest BCUT2D eigenvalue weighted by molar-refractivity contribution is 0.284. The fourth-order valence-electron chi connectivity index (χ4n) is 4.84. The minimum atomic E-state index is -3.63. The van der Waals surface area contributed by atoms with Crippen LogP contribution < -0.4 is 15.8 Å². The molecule has 4 N–H and O–H groups in total. The minimum absolute atomic E-state index is 0.269. The summed E-state index contributed by atoms with van der Waals surface area (Å²) in [7, 11) is -3.63. The number of nitrogens with one attached hydrogen (secondary N) is 2. The van der Waals surface area contributed by atoms with Crippen LogP contribution in [0.5, 0.6) is 0 Å². The van der Waals surface area contributed by atoms with Crippen molar-refractivity contribution in [2.75, 3.05) is 24.1 Å². The van der Waals surface area contributed by atoms with Gasteiger partial charge in [-0.3, -0.25) is 0 Å². The summed E-state index contributed by atoms with van der Waals surface area (Å²) in [5, 5.41) is 6.11. The van der Waals surface area contributed by atoms with Gasteiger partial charge < -0.3 is 11.1 Å². The molecule has 1 fully saturated rings. The molecular formula is C26H28ClN5O2S. The lowest BCUT2D eigenvalue weighted by Gasteiger charge is -2.28. The number of nitrogen functional groups attached to an aromatic ring is 1. The van der Waals surface area contributed by atoms with Gasteiger partial charge in [-0.05, 0) is 61.8 Å². The number of hydrogen-bond acceptors (Lipinski definition) is 6. The van der Waals surface area contributed by atoms with Gasteiger partial charge in [-0.15, -0.1) is 0 Å². The number of rotatable bonds is 7. The van der Waals surface area contributed by atoms with E-state index in [0.29, 0.717) is 40.6 Å². The van der Waals surface area contributed by atoms with Crippen molar-refractivity contribution in [1.29, 1.82) is 0 Å². The molecule has 1 aliphatic rings. The molecule has 182 valence electrons. The van der Waals surface area contributed by atoms with E-state index in [4.69, 9.17) is 17.3 Å². The number of para-hydroxylation sites is 1. The predicted molar refractivity (Wildman–Crippen MR) is 142 cm³/mol. The van der Waals surface area contributed by atoms with Crippen LogP contribution in [0, 0.1) is 11.8 Å². The monoisotopic (exact) mass is 509 g/mol. The Balaban J connectivity index is 1.15. The van der Waals surface area contributed by atoms with Crippen LogP contribution in [-0.4, -0.2) is 31.5 Å². The molecule has 1 heterocycles. The van der Waals surface area contributed by atoms with Gasteiger partial charge in [-0.2, -0.15) is 4.98 Å². The second kappa shape index (κ2) is 9.97. The Morgan fingerprint density at radius 2 is 1.49 bits per heavy atom. The molecule has 0 atom stereocenters. The zero-order valence-corrected chi connectivity index (χ0v) is 20.8. The van der Waals surface area contributed by atoms with Crippen LogP contribution in [0.2, 0.25) is 5.02 Å². The van der Waals surface area contributed by atoms with Gasteiger partial charge >= 0.3 is 0 Å². The molecule has 3 aromatic carbocycles. The Labute approximate surface area is 210 Å². The van der Waals surface area contributed by atoms with Crippen LogP contribution in [0.1, 0.15) is 25.7 Å². The van der Waals surface area contributed by atoms with E-state index < -0.39 is 10.0 Å². The number of halogens is 1. The summed E-state index contributed by atoms with van der Waals surface area (Å²) in [6, 6.07) is 18.2. The first-order valence-corrected chi connectivity index (χ1v) is 13.7. The summed E-state index contributed by atoms with van der Waals surface area (Å²) >= 11 is 6.26. The summed E-state index contributed by atoms with van der Waals surface area (Å²) in [4.78, 5) is 9.21. The molecule has 4 aromatic rings. The summed E-state index contributed by atoms with van der Waals surface area (Å²) < 4.78 is 28.9. The van der Waals surface area contributed by atoms with Crippen LogP contribution in [0.25, 0.3) is 21.7 Å². The van der Waals surface area contributed by atoms with E-state index >= 15 is 0 Å². The van der Waals surface area contributed by atoms with Gasteiger partial charge in [-0.25, -0.2) is 18.1 Å². The molecular weight excluding hydrogens is 482 g/mol. The molecule has 9 heteroatoms. The van der Waals surface area contributed by atoms with E-state index in [-0.39, 0.29) is 4.90 Å².